The Hall–Kier alpha value is -3.46. The van der Waals surface area contributed by atoms with Gasteiger partial charge < -0.3 is 10.1 Å². The summed E-state index contributed by atoms with van der Waals surface area (Å²) in [4.78, 5) is 24.7. The normalized spacial score (nSPS) is 11.2. The Balaban J connectivity index is 1.87. The van der Waals surface area contributed by atoms with Crippen LogP contribution in [0.3, 0.4) is 0 Å². The van der Waals surface area contributed by atoms with Crippen molar-refractivity contribution in [2.45, 2.75) is 30.3 Å². The van der Waals surface area contributed by atoms with Gasteiger partial charge in [-0.25, -0.2) is 13.1 Å². The van der Waals surface area contributed by atoms with Gasteiger partial charge in [0, 0.05) is 6.07 Å². The highest BCUT2D eigenvalue weighted by molar-refractivity contribution is 7.91. The number of nitrogens with zero attached hydrogens (tertiary/aromatic N) is 2. The molecular formula is C21H21N3O5S. The van der Waals surface area contributed by atoms with Gasteiger partial charge >= 0.3 is 0 Å². The zero-order chi connectivity index (χ0) is 21.9. The molecule has 0 unspecified atom stereocenters. The van der Waals surface area contributed by atoms with Crippen molar-refractivity contribution in [2.24, 2.45) is 0 Å². The topological polar surface area (TPSA) is 107 Å². The first kappa shape index (κ1) is 21.3. The third kappa shape index (κ3) is 4.57. The quantitative estimate of drug-likeness (QED) is 0.647. The smallest absolute Gasteiger partial charge is 0.267 e. The van der Waals surface area contributed by atoms with Gasteiger partial charge in [0.25, 0.3) is 5.56 Å². The fourth-order valence-electron chi connectivity index (χ4n) is 2.77. The molecule has 3 rings (SSSR count). The van der Waals surface area contributed by atoms with Crippen LogP contribution < -0.4 is 15.6 Å². The Morgan fingerprint density at radius 3 is 2.37 bits per heavy atom. The SMILES string of the molecule is COc1ccc(C)cc1NC(=O)Cn1nc(S(=O)(=O)c2ccc(C)cc2)ccc1=O. The van der Waals surface area contributed by atoms with Gasteiger partial charge in [0.15, 0.2) is 5.03 Å². The van der Waals surface area contributed by atoms with Crippen LogP contribution >= 0.6 is 0 Å². The number of carbonyl (C=O) groups is 1. The molecule has 30 heavy (non-hydrogen) atoms. The lowest BCUT2D eigenvalue weighted by atomic mass is 10.2. The molecule has 3 aromatic rings. The van der Waals surface area contributed by atoms with Gasteiger partial charge in [-0.3, -0.25) is 9.59 Å². The first-order valence-corrected chi connectivity index (χ1v) is 10.5. The van der Waals surface area contributed by atoms with Gasteiger partial charge in [-0.05, 0) is 49.7 Å². The van der Waals surface area contributed by atoms with Crippen LogP contribution in [-0.4, -0.2) is 31.2 Å². The molecular weight excluding hydrogens is 406 g/mol. The van der Waals surface area contributed by atoms with E-state index in [2.05, 4.69) is 10.4 Å². The largest absolute Gasteiger partial charge is 0.495 e. The van der Waals surface area contributed by atoms with Crippen LogP contribution in [0.5, 0.6) is 5.75 Å². The molecule has 1 N–H and O–H groups in total. The van der Waals surface area contributed by atoms with Crippen molar-refractivity contribution in [3.8, 4) is 5.75 Å². The van der Waals surface area contributed by atoms with Gasteiger partial charge in [-0.1, -0.05) is 23.8 Å². The summed E-state index contributed by atoms with van der Waals surface area (Å²) in [5.41, 5.74) is 1.67. The number of benzene rings is 2. The molecule has 1 heterocycles. The van der Waals surface area contributed by atoms with Crippen LogP contribution in [0.2, 0.25) is 0 Å². The predicted molar refractivity (Wildman–Crippen MR) is 111 cm³/mol. The lowest BCUT2D eigenvalue weighted by Crippen LogP contribution is -2.30. The lowest BCUT2D eigenvalue weighted by Gasteiger charge is -2.12. The Kier molecular flexibility index (Phi) is 6.02. The summed E-state index contributed by atoms with van der Waals surface area (Å²) in [5.74, 6) is -0.0802. The molecule has 1 amide bonds. The van der Waals surface area contributed by atoms with E-state index in [4.69, 9.17) is 4.74 Å². The van der Waals surface area contributed by atoms with E-state index in [1.807, 2.05) is 19.9 Å². The molecule has 0 spiro atoms. The lowest BCUT2D eigenvalue weighted by molar-refractivity contribution is -0.117. The minimum Gasteiger partial charge on any atom is -0.495 e. The van der Waals surface area contributed by atoms with E-state index in [-0.39, 0.29) is 9.92 Å². The Labute approximate surface area is 174 Å². The molecule has 0 aliphatic rings. The van der Waals surface area contributed by atoms with Gasteiger partial charge in [-0.15, -0.1) is 0 Å². The molecule has 0 aliphatic heterocycles. The molecule has 0 bridgehead atoms. The molecule has 1 aromatic heterocycles. The number of sulfone groups is 1. The van der Waals surface area contributed by atoms with E-state index < -0.39 is 27.8 Å². The maximum absolute atomic E-state index is 12.8. The number of anilines is 1. The highest BCUT2D eigenvalue weighted by Gasteiger charge is 2.21. The van der Waals surface area contributed by atoms with Crippen LogP contribution in [0, 0.1) is 13.8 Å². The average molecular weight is 427 g/mol. The number of carbonyl (C=O) groups excluding carboxylic acids is 1. The highest BCUT2D eigenvalue weighted by atomic mass is 32.2. The Morgan fingerprint density at radius 2 is 1.70 bits per heavy atom. The molecule has 0 saturated heterocycles. The Morgan fingerprint density at radius 1 is 1.03 bits per heavy atom. The van der Waals surface area contributed by atoms with E-state index in [0.29, 0.717) is 11.4 Å². The van der Waals surface area contributed by atoms with E-state index in [0.717, 1.165) is 27.9 Å². The third-order valence-corrected chi connectivity index (χ3v) is 6.03. The van der Waals surface area contributed by atoms with Crippen LogP contribution in [0.4, 0.5) is 5.69 Å². The first-order chi connectivity index (χ1) is 14.2. The van der Waals surface area contributed by atoms with Gasteiger partial charge in [-0.2, -0.15) is 5.10 Å². The van der Waals surface area contributed by atoms with Crippen LogP contribution in [0.25, 0.3) is 0 Å². The van der Waals surface area contributed by atoms with Gasteiger partial charge in [0.05, 0.1) is 17.7 Å². The standard InChI is InChI=1S/C21H21N3O5S/c1-14-4-7-16(8-5-14)30(27,28)20-10-11-21(26)24(23-20)13-19(25)22-17-12-15(2)6-9-18(17)29-3/h4-12H,13H2,1-3H3,(H,22,25). The van der Waals surface area contributed by atoms with Gasteiger partial charge in [0.2, 0.25) is 15.7 Å². The molecule has 0 radical (unpaired) electrons. The summed E-state index contributed by atoms with van der Waals surface area (Å²) in [6.45, 7) is 3.25. The molecule has 156 valence electrons. The number of hydrogen-bond donors (Lipinski definition) is 1. The molecule has 0 aliphatic carbocycles. The summed E-state index contributed by atoms with van der Waals surface area (Å²) in [7, 11) is -2.45. The molecule has 0 saturated carbocycles. The van der Waals surface area contributed by atoms with E-state index in [1.165, 1.54) is 19.2 Å². The summed E-state index contributed by atoms with van der Waals surface area (Å²) in [5, 5.41) is 6.26. The van der Waals surface area contributed by atoms with Gasteiger partial charge in [0.1, 0.15) is 12.3 Å². The van der Waals surface area contributed by atoms with Crippen LogP contribution in [0.1, 0.15) is 11.1 Å². The first-order valence-electron chi connectivity index (χ1n) is 9.05. The zero-order valence-electron chi connectivity index (χ0n) is 16.7. The monoisotopic (exact) mass is 427 g/mol. The number of aryl methyl sites for hydroxylation is 2. The van der Waals surface area contributed by atoms with Crippen LogP contribution in [-0.2, 0) is 21.2 Å². The van der Waals surface area contributed by atoms with E-state index in [9.17, 15) is 18.0 Å². The number of amides is 1. The number of rotatable bonds is 6. The van der Waals surface area contributed by atoms with Crippen molar-refractivity contribution < 1.29 is 17.9 Å². The second kappa shape index (κ2) is 8.50. The number of nitrogens with one attached hydrogen (secondary N) is 1. The molecule has 9 heteroatoms. The predicted octanol–water partition coefficient (Wildman–Crippen LogP) is 2.34. The number of methoxy groups -OCH3 is 1. The van der Waals surface area contributed by atoms with E-state index in [1.54, 1.807) is 24.3 Å². The van der Waals surface area contributed by atoms with Crippen molar-refractivity contribution >= 4 is 21.4 Å². The van der Waals surface area contributed by atoms with Crippen LogP contribution in [0.15, 0.2) is 69.3 Å². The number of ether oxygens (including phenoxy) is 1. The van der Waals surface area contributed by atoms with Crippen molar-refractivity contribution in [1.82, 2.24) is 9.78 Å². The molecule has 0 atom stereocenters. The van der Waals surface area contributed by atoms with Crippen molar-refractivity contribution in [3.63, 3.8) is 0 Å². The summed E-state index contributed by atoms with van der Waals surface area (Å²) in [6, 6.07) is 13.8. The fraction of sp³-hybridized carbons (Fsp3) is 0.190. The highest BCUT2D eigenvalue weighted by Crippen LogP contribution is 2.25. The van der Waals surface area contributed by atoms with E-state index >= 15 is 0 Å². The summed E-state index contributed by atoms with van der Waals surface area (Å²) >= 11 is 0. The van der Waals surface area contributed by atoms with Crippen molar-refractivity contribution in [3.05, 3.63) is 76.1 Å². The zero-order valence-corrected chi connectivity index (χ0v) is 17.6. The second-order valence-corrected chi connectivity index (χ2v) is 8.63. The maximum atomic E-state index is 12.8. The maximum Gasteiger partial charge on any atom is 0.267 e. The molecule has 0 fully saturated rings. The molecule has 2 aromatic carbocycles. The second-order valence-electron chi connectivity index (χ2n) is 6.74. The van der Waals surface area contributed by atoms with Crippen molar-refractivity contribution in [1.29, 1.82) is 0 Å². The summed E-state index contributed by atoms with van der Waals surface area (Å²) < 4.78 is 31.7. The Bertz CT molecular complexity index is 1250. The number of hydrogen-bond acceptors (Lipinski definition) is 6. The summed E-state index contributed by atoms with van der Waals surface area (Å²) in [6.07, 6.45) is 0. The average Bonchev–Trinajstić information content (AvgIpc) is 2.70. The van der Waals surface area contributed by atoms with Crippen molar-refractivity contribution in [2.75, 3.05) is 12.4 Å². The minimum atomic E-state index is -3.93. The molecule has 8 nitrogen and oxygen atoms in total. The third-order valence-electron chi connectivity index (χ3n) is 4.37. The minimum absolute atomic E-state index is 0.0553. The number of aromatic nitrogens is 2. The fourth-order valence-corrected chi connectivity index (χ4v) is 3.96.